The molecule has 0 spiro atoms. The van der Waals surface area contributed by atoms with Crippen molar-refractivity contribution in [3.8, 4) is 11.5 Å². The summed E-state index contributed by atoms with van der Waals surface area (Å²) in [5.74, 6) is 1.27. The van der Waals surface area contributed by atoms with Crippen LogP contribution in [0.15, 0.2) is 42.5 Å². The van der Waals surface area contributed by atoms with Crippen LogP contribution < -0.4 is 14.8 Å². The van der Waals surface area contributed by atoms with Gasteiger partial charge in [0.05, 0.1) is 0 Å². The second-order valence-corrected chi connectivity index (χ2v) is 7.74. The highest BCUT2D eigenvalue weighted by Gasteiger charge is 2.33. The molecule has 0 radical (unpaired) electrons. The van der Waals surface area contributed by atoms with Crippen molar-refractivity contribution in [1.82, 2.24) is 9.80 Å². The SMILES string of the molecule is Cc1cccc(NC(=S)N2CCN(C(=O)[C@H]3COc4ccccc4O3)CC2)c1C. The summed E-state index contributed by atoms with van der Waals surface area (Å²) >= 11 is 5.60. The highest BCUT2D eigenvalue weighted by Crippen LogP contribution is 2.31. The summed E-state index contributed by atoms with van der Waals surface area (Å²) in [6.45, 7) is 7.00. The van der Waals surface area contributed by atoms with E-state index in [2.05, 4.69) is 30.1 Å². The maximum absolute atomic E-state index is 12.9. The molecule has 0 bridgehead atoms. The molecule has 0 aliphatic carbocycles. The van der Waals surface area contributed by atoms with Gasteiger partial charge in [0.25, 0.3) is 5.91 Å². The number of nitrogens with zero attached hydrogens (tertiary/aromatic N) is 2. The number of piperazine rings is 1. The Morgan fingerprint density at radius 1 is 1.00 bits per heavy atom. The number of rotatable bonds is 2. The van der Waals surface area contributed by atoms with E-state index in [0.717, 1.165) is 5.69 Å². The Morgan fingerprint density at radius 3 is 2.45 bits per heavy atom. The smallest absolute Gasteiger partial charge is 0.267 e. The maximum atomic E-state index is 12.9. The van der Waals surface area contributed by atoms with Crippen LogP contribution in [0.5, 0.6) is 11.5 Å². The Bertz CT molecular complexity index is 925. The summed E-state index contributed by atoms with van der Waals surface area (Å²) in [7, 11) is 0. The first-order valence-electron chi connectivity index (χ1n) is 9.82. The van der Waals surface area contributed by atoms with E-state index in [9.17, 15) is 4.79 Å². The Balaban J connectivity index is 1.32. The van der Waals surface area contributed by atoms with Crippen LogP contribution in [0, 0.1) is 13.8 Å². The summed E-state index contributed by atoms with van der Waals surface area (Å²) in [5, 5.41) is 4.04. The first-order chi connectivity index (χ1) is 14.0. The van der Waals surface area contributed by atoms with Crippen molar-refractivity contribution in [2.75, 3.05) is 38.1 Å². The average Bonchev–Trinajstić information content (AvgIpc) is 2.76. The lowest BCUT2D eigenvalue weighted by molar-refractivity contribution is -0.142. The van der Waals surface area contributed by atoms with Crippen molar-refractivity contribution in [1.29, 1.82) is 0 Å². The van der Waals surface area contributed by atoms with Crippen molar-refractivity contribution in [2.45, 2.75) is 20.0 Å². The van der Waals surface area contributed by atoms with Gasteiger partial charge in [-0.05, 0) is 55.4 Å². The summed E-state index contributed by atoms with van der Waals surface area (Å²) in [4.78, 5) is 16.8. The van der Waals surface area contributed by atoms with Gasteiger partial charge < -0.3 is 24.6 Å². The number of ether oxygens (including phenoxy) is 2. The summed E-state index contributed by atoms with van der Waals surface area (Å²) in [5.41, 5.74) is 3.45. The van der Waals surface area contributed by atoms with Gasteiger partial charge in [-0.15, -0.1) is 0 Å². The van der Waals surface area contributed by atoms with Crippen LogP contribution >= 0.6 is 12.2 Å². The molecule has 1 amide bonds. The molecular formula is C22H25N3O3S. The topological polar surface area (TPSA) is 54.0 Å². The van der Waals surface area contributed by atoms with Crippen molar-refractivity contribution in [2.24, 2.45) is 0 Å². The molecule has 152 valence electrons. The summed E-state index contributed by atoms with van der Waals surface area (Å²) < 4.78 is 11.5. The molecule has 1 saturated heterocycles. The lowest BCUT2D eigenvalue weighted by Gasteiger charge is -2.38. The van der Waals surface area contributed by atoms with Crippen LogP contribution in [-0.2, 0) is 4.79 Å². The Labute approximate surface area is 176 Å². The van der Waals surface area contributed by atoms with Crippen molar-refractivity contribution in [3.05, 3.63) is 53.6 Å². The first kappa shape index (κ1) is 19.5. The number of hydrogen-bond donors (Lipinski definition) is 1. The fraction of sp³-hybridized carbons (Fsp3) is 0.364. The van der Waals surface area contributed by atoms with Crippen LogP contribution in [0.3, 0.4) is 0 Å². The van der Waals surface area contributed by atoms with Crippen LogP contribution in [0.4, 0.5) is 5.69 Å². The molecule has 0 saturated carbocycles. The highest BCUT2D eigenvalue weighted by atomic mass is 32.1. The van der Waals surface area contributed by atoms with Crippen molar-refractivity contribution < 1.29 is 14.3 Å². The van der Waals surface area contributed by atoms with Gasteiger partial charge in [-0.1, -0.05) is 24.3 Å². The van der Waals surface area contributed by atoms with Gasteiger partial charge in [0.2, 0.25) is 6.10 Å². The second kappa shape index (κ2) is 8.29. The monoisotopic (exact) mass is 411 g/mol. The van der Waals surface area contributed by atoms with E-state index in [0.29, 0.717) is 42.8 Å². The molecular weight excluding hydrogens is 386 g/mol. The lowest BCUT2D eigenvalue weighted by Crippen LogP contribution is -2.55. The van der Waals surface area contributed by atoms with Crippen LogP contribution in [0.1, 0.15) is 11.1 Å². The molecule has 1 N–H and O–H groups in total. The number of anilines is 1. The minimum absolute atomic E-state index is 0.0347. The second-order valence-electron chi connectivity index (χ2n) is 7.35. The van der Waals surface area contributed by atoms with E-state index in [1.54, 1.807) is 0 Å². The number of carbonyl (C=O) groups excluding carboxylic acids is 1. The van der Waals surface area contributed by atoms with Gasteiger partial charge in [-0.2, -0.15) is 0 Å². The quantitative estimate of drug-likeness (QED) is 0.767. The fourth-order valence-corrected chi connectivity index (χ4v) is 3.85. The van der Waals surface area contributed by atoms with Gasteiger partial charge in [0.1, 0.15) is 6.61 Å². The third-order valence-corrected chi connectivity index (χ3v) is 5.87. The Kier molecular flexibility index (Phi) is 5.58. The molecule has 2 heterocycles. The van der Waals surface area contributed by atoms with Gasteiger partial charge in [-0.3, -0.25) is 4.79 Å². The average molecular weight is 412 g/mol. The first-order valence-corrected chi connectivity index (χ1v) is 10.2. The van der Waals surface area contributed by atoms with Crippen molar-refractivity contribution >= 4 is 28.9 Å². The number of amides is 1. The van der Waals surface area contributed by atoms with Crippen LogP contribution in [0.2, 0.25) is 0 Å². The van der Waals surface area contributed by atoms with Crippen LogP contribution in [0.25, 0.3) is 0 Å². The largest absolute Gasteiger partial charge is 0.485 e. The maximum Gasteiger partial charge on any atom is 0.267 e. The summed E-state index contributed by atoms with van der Waals surface area (Å²) in [6.07, 6.45) is -0.600. The highest BCUT2D eigenvalue weighted by molar-refractivity contribution is 7.80. The predicted molar refractivity (Wildman–Crippen MR) is 117 cm³/mol. The molecule has 1 atom stereocenters. The fourth-order valence-electron chi connectivity index (χ4n) is 3.56. The van der Waals surface area contributed by atoms with Gasteiger partial charge in [0, 0.05) is 31.9 Å². The van der Waals surface area contributed by atoms with E-state index in [1.807, 2.05) is 41.3 Å². The number of fused-ring (bicyclic) bond motifs is 1. The molecule has 7 heteroatoms. The minimum atomic E-state index is -0.600. The van der Waals surface area contributed by atoms with Gasteiger partial charge in [-0.25, -0.2) is 0 Å². The van der Waals surface area contributed by atoms with Gasteiger partial charge in [0.15, 0.2) is 16.6 Å². The van der Waals surface area contributed by atoms with E-state index in [4.69, 9.17) is 21.7 Å². The van der Waals surface area contributed by atoms with E-state index >= 15 is 0 Å². The standard InChI is InChI=1S/C22H25N3O3S/c1-15-6-5-7-17(16(15)2)23-22(29)25-12-10-24(11-13-25)21(26)20-14-27-18-8-3-4-9-19(18)28-20/h3-9,20H,10-14H2,1-2H3,(H,23,29)/t20-/m1/s1. The summed E-state index contributed by atoms with van der Waals surface area (Å²) in [6, 6.07) is 13.6. The number of aryl methyl sites for hydroxylation is 1. The van der Waals surface area contributed by atoms with E-state index in [-0.39, 0.29) is 12.5 Å². The van der Waals surface area contributed by atoms with E-state index < -0.39 is 6.10 Å². The zero-order valence-corrected chi connectivity index (χ0v) is 17.5. The van der Waals surface area contributed by atoms with Crippen molar-refractivity contribution in [3.63, 3.8) is 0 Å². The van der Waals surface area contributed by atoms with E-state index in [1.165, 1.54) is 11.1 Å². The molecule has 1 fully saturated rings. The molecule has 6 nitrogen and oxygen atoms in total. The molecule has 2 aliphatic heterocycles. The number of para-hydroxylation sites is 2. The molecule has 4 rings (SSSR count). The molecule has 2 aromatic carbocycles. The Hall–Kier alpha value is -2.80. The molecule has 29 heavy (non-hydrogen) atoms. The third-order valence-electron chi connectivity index (χ3n) is 5.51. The predicted octanol–water partition coefficient (Wildman–Crippen LogP) is 2.98. The lowest BCUT2D eigenvalue weighted by atomic mass is 10.1. The molecule has 2 aromatic rings. The zero-order valence-electron chi connectivity index (χ0n) is 16.7. The number of hydrogen-bond acceptors (Lipinski definition) is 4. The number of nitrogens with one attached hydrogen (secondary N) is 1. The zero-order chi connectivity index (χ0) is 20.4. The molecule has 0 aromatic heterocycles. The molecule has 2 aliphatic rings. The number of carbonyl (C=O) groups is 1. The number of benzene rings is 2. The van der Waals surface area contributed by atoms with Gasteiger partial charge >= 0.3 is 0 Å². The Morgan fingerprint density at radius 2 is 1.69 bits per heavy atom. The van der Waals surface area contributed by atoms with Crippen LogP contribution in [-0.4, -0.2) is 59.7 Å². The minimum Gasteiger partial charge on any atom is -0.485 e. The normalized spacial score (nSPS) is 18.3. The third kappa shape index (κ3) is 4.15. The molecule has 0 unspecified atom stereocenters. The number of thiocarbonyl (C=S) groups is 1.